The van der Waals surface area contributed by atoms with Crippen LogP contribution in [0.2, 0.25) is 0 Å². The molecule has 0 aromatic carbocycles. The van der Waals surface area contributed by atoms with E-state index in [-0.39, 0.29) is 12.5 Å². The van der Waals surface area contributed by atoms with Crippen LogP contribution in [0.15, 0.2) is 83.3 Å². The fourth-order valence-electron chi connectivity index (χ4n) is 2.11. The zero-order chi connectivity index (χ0) is 21.6. The van der Waals surface area contributed by atoms with E-state index in [1.54, 1.807) is 30.4 Å². The van der Waals surface area contributed by atoms with E-state index in [1.165, 1.54) is 0 Å². The van der Waals surface area contributed by atoms with Crippen molar-refractivity contribution in [3.8, 4) is 0 Å². The normalized spacial score (nSPS) is 14.7. The van der Waals surface area contributed by atoms with Crippen molar-refractivity contribution in [2.24, 2.45) is 16.3 Å². The Hall–Kier alpha value is -2.93. The van der Waals surface area contributed by atoms with Gasteiger partial charge in [-0.05, 0) is 32.1 Å². The van der Waals surface area contributed by atoms with E-state index < -0.39 is 12.0 Å². The Morgan fingerprint density at radius 2 is 1.41 bits per heavy atom. The summed E-state index contributed by atoms with van der Waals surface area (Å²) in [5, 5.41) is 6.13. The van der Waals surface area contributed by atoms with Gasteiger partial charge in [-0.15, -0.1) is 0 Å². The Labute approximate surface area is 172 Å². The predicted molar refractivity (Wildman–Crippen MR) is 118 cm³/mol. The maximum Gasteiger partial charge on any atom is 0.324 e. The molecule has 2 atom stereocenters. The summed E-state index contributed by atoms with van der Waals surface area (Å²) in [5.74, 6) is 4.26. The molecule has 0 saturated heterocycles. The SMILES string of the molecule is CC/C=C\C[C@H](/C=C/C=C\C/C=C\C=C\[C@@H](C/C=C\CCC(=O)ON)N=O)N=O. The van der Waals surface area contributed by atoms with Crippen LogP contribution >= 0.6 is 0 Å². The maximum absolute atomic E-state index is 10.8. The van der Waals surface area contributed by atoms with Gasteiger partial charge in [0.1, 0.15) is 12.1 Å². The van der Waals surface area contributed by atoms with Crippen LogP contribution in [0.25, 0.3) is 0 Å². The third-order valence-corrected chi connectivity index (χ3v) is 3.67. The van der Waals surface area contributed by atoms with Gasteiger partial charge in [0.05, 0.1) is 6.42 Å². The van der Waals surface area contributed by atoms with Crippen LogP contribution in [-0.2, 0) is 9.63 Å². The van der Waals surface area contributed by atoms with Crippen LogP contribution in [0.5, 0.6) is 0 Å². The van der Waals surface area contributed by atoms with E-state index in [2.05, 4.69) is 15.2 Å². The highest BCUT2D eigenvalue weighted by atomic mass is 16.7. The lowest BCUT2D eigenvalue weighted by molar-refractivity contribution is -0.144. The van der Waals surface area contributed by atoms with Crippen LogP contribution in [0.3, 0.4) is 0 Å². The molecular formula is C22H31N3O4. The van der Waals surface area contributed by atoms with Crippen molar-refractivity contribution in [3.05, 3.63) is 82.7 Å². The van der Waals surface area contributed by atoms with Crippen LogP contribution in [0.4, 0.5) is 0 Å². The van der Waals surface area contributed by atoms with Crippen LogP contribution in [0, 0.1) is 9.81 Å². The number of nitrogens with two attached hydrogens (primary N) is 1. The average molecular weight is 402 g/mol. The number of carbonyl (C=O) groups is 1. The van der Waals surface area contributed by atoms with Crippen molar-refractivity contribution < 1.29 is 9.63 Å². The second-order valence-electron chi connectivity index (χ2n) is 6.06. The molecule has 0 saturated carbocycles. The quantitative estimate of drug-likeness (QED) is 0.162. The molecule has 0 aliphatic rings. The van der Waals surface area contributed by atoms with Gasteiger partial charge in [-0.25, -0.2) is 0 Å². The molecule has 0 aromatic heterocycles. The Kier molecular flexibility index (Phi) is 17.8. The van der Waals surface area contributed by atoms with Gasteiger partial charge in [0.2, 0.25) is 0 Å². The smallest absolute Gasteiger partial charge is 0.324 e. The van der Waals surface area contributed by atoms with Crippen LogP contribution in [0.1, 0.15) is 45.4 Å². The van der Waals surface area contributed by atoms with Gasteiger partial charge < -0.3 is 4.84 Å². The first-order valence-electron chi connectivity index (χ1n) is 9.69. The Morgan fingerprint density at radius 1 is 0.862 bits per heavy atom. The first-order valence-corrected chi connectivity index (χ1v) is 9.69. The third kappa shape index (κ3) is 16.9. The Morgan fingerprint density at radius 3 is 1.90 bits per heavy atom. The van der Waals surface area contributed by atoms with E-state index in [9.17, 15) is 14.6 Å². The number of hydrogen-bond donors (Lipinski definition) is 1. The average Bonchev–Trinajstić information content (AvgIpc) is 2.74. The molecule has 0 aliphatic heterocycles. The summed E-state index contributed by atoms with van der Waals surface area (Å²) in [4.78, 5) is 36.4. The van der Waals surface area contributed by atoms with Crippen molar-refractivity contribution in [2.45, 2.75) is 57.5 Å². The lowest BCUT2D eigenvalue weighted by atomic mass is 10.1. The van der Waals surface area contributed by atoms with Gasteiger partial charge in [-0.2, -0.15) is 15.7 Å². The number of allylic oxidation sites excluding steroid dienone is 8. The highest BCUT2D eigenvalue weighted by molar-refractivity contribution is 5.69. The maximum atomic E-state index is 10.8. The summed E-state index contributed by atoms with van der Waals surface area (Å²) in [6.45, 7) is 2.04. The predicted octanol–water partition coefficient (Wildman–Crippen LogP) is 5.37. The summed E-state index contributed by atoms with van der Waals surface area (Å²) in [5.41, 5.74) is 0. The topological polar surface area (TPSA) is 111 Å². The number of rotatable bonds is 16. The van der Waals surface area contributed by atoms with Crippen LogP contribution in [-0.4, -0.2) is 18.1 Å². The zero-order valence-corrected chi connectivity index (χ0v) is 16.9. The molecule has 0 amide bonds. The molecule has 0 unspecified atom stereocenters. The first kappa shape index (κ1) is 26.1. The number of carbonyl (C=O) groups excluding carboxylic acids is 1. The first-order chi connectivity index (χ1) is 14.2. The molecule has 0 fully saturated rings. The summed E-state index contributed by atoms with van der Waals surface area (Å²) in [6.07, 6.45) is 25.8. The largest absolute Gasteiger partial charge is 0.373 e. The molecule has 0 spiro atoms. The second-order valence-corrected chi connectivity index (χ2v) is 6.06. The molecule has 7 heteroatoms. The van der Waals surface area contributed by atoms with Gasteiger partial charge in [0, 0.05) is 0 Å². The Bertz CT molecular complexity index is 634. The number of hydrogen-bond acceptors (Lipinski definition) is 7. The summed E-state index contributed by atoms with van der Waals surface area (Å²) in [6, 6.07) is -0.789. The van der Waals surface area contributed by atoms with Crippen molar-refractivity contribution in [3.63, 3.8) is 0 Å². The molecule has 0 aliphatic carbocycles. The molecular weight excluding hydrogens is 370 g/mol. The van der Waals surface area contributed by atoms with E-state index >= 15 is 0 Å². The van der Waals surface area contributed by atoms with Crippen LogP contribution < -0.4 is 5.90 Å². The lowest BCUT2D eigenvalue weighted by Gasteiger charge is -1.97. The van der Waals surface area contributed by atoms with Crippen molar-refractivity contribution >= 4 is 5.97 Å². The molecule has 158 valence electrons. The number of nitrogens with zero attached hydrogens (tertiary/aromatic N) is 2. The zero-order valence-electron chi connectivity index (χ0n) is 16.9. The monoisotopic (exact) mass is 401 g/mol. The fourth-order valence-corrected chi connectivity index (χ4v) is 2.11. The highest BCUT2D eigenvalue weighted by Gasteiger charge is 2.01. The minimum Gasteiger partial charge on any atom is -0.373 e. The van der Waals surface area contributed by atoms with E-state index in [4.69, 9.17) is 5.90 Å². The summed E-state index contributed by atoms with van der Waals surface area (Å²) < 4.78 is 0. The molecule has 7 nitrogen and oxygen atoms in total. The van der Waals surface area contributed by atoms with Crippen molar-refractivity contribution in [1.29, 1.82) is 0 Å². The van der Waals surface area contributed by atoms with Gasteiger partial charge >= 0.3 is 5.97 Å². The van der Waals surface area contributed by atoms with Gasteiger partial charge in [-0.3, -0.25) is 4.79 Å². The molecule has 29 heavy (non-hydrogen) atoms. The standard InChI is InChI=1S/C22H31N3O4/c1-2-3-10-15-20(24-27)16-11-7-5-4-6-8-12-17-21(25-28)18-13-9-14-19-22(26)29-23/h3,5-13,16-17,20-21H,2,4,14-15,18-19,23H2,1H3/b7-5-,8-6-,10-3-,13-9-,16-11+,17-12+/t20-,21+/m1/s1. The molecule has 0 aromatic rings. The summed E-state index contributed by atoms with van der Waals surface area (Å²) in [7, 11) is 0. The Balaban J connectivity index is 4.13. The molecule has 0 bridgehead atoms. The van der Waals surface area contributed by atoms with E-state index in [0.717, 1.165) is 12.8 Å². The van der Waals surface area contributed by atoms with Crippen molar-refractivity contribution in [1.82, 2.24) is 0 Å². The second kappa shape index (κ2) is 19.8. The van der Waals surface area contributed by atoms with E-state index in [1.807, 2.05) is 49.5 Å². The van der Waals surface area contributed by atoms with Gasteiger partial charge in [0.15, 0.2) is 0 Å². The molecule has 0 radical (unpaired) electrons. The third-order valence-electron chi connectivity index (χ3n) is 3.67. The molecule has 0 heterocycles. The molecule has 0 rings (SSSR count). The highest BCUT2D eigenvalue weighted by Crippen LogP contribution is 2.04. The lowest BCUT2D eigenvalue weighted by Crippen LogP contribution is -2.08. The van der Waals surface area contributed by atoms with Gasteiger partial charge in [-0.1, -0.05) is 90.2 Å². The van der Waals surface area contributed by atoms with Gasteiger partial charge in [0.25, 0.3) is 0 Å². The molecule has 2 N–H and O–H groups in total. The minimum absolute atomic E-state index is 0.204. The number of nitroso groups, excluding NO2 is 2. The fraction of sp³-hybridized carbons (Fsp3) is 0.409. The summed E-state index contributed by atoms with van der Waals surface area (Å²) >= 11 is 0. The minimum atomic E-state index is -0.473. The van der Waals surface area contributed by atoms with Crippen molar-refractivity contribution in [2.75, 3.05) is 0 Å². The van der Waals surface area contributed by atoms with E-state index in [0.29, 0.717) is 19.3 Å².